The summed E-state index contributed by atoms with van der Waals surface area (Å²) in [5, 5.41) is 12.9. The first-order valence-corrected chi connectivity index (χ1v) is 6.54. The van der Waals surface area contributed by atoms with Crippen molar-refractivity contribution in [3.63, 3.8) is 0 Å². The van der Waals surface area contributed by atoms with Gasteiger partial charge in [-0.05, 0) is 43.6 Å². The number of aromatic hydroxyl groups is 1. The lowest BCUT2D eigenvalue weighted by Crippen LogP contribution is -2.14. The molecule has 1 aromatic carbocycles. The number of unbranched alkanes of at least 4 members (excludes halogenated alkanes) is 3. The van der Waals surface area contributed by atoms with Crippen molar-refractivity contribution in [2.75, 3.05) is 20.2 Å². The average Bonchev–Trinajstić information content (AvgIpc) is 2.39. The quantitative estimate of drug-likeness (QED) is 0.588. The third kappa shape index (κ3) is 5.38. The van der Waals surface area contributed by atoms with Gasteiger partial charge in [0.25, 0.3) is 0 Å². The summed E-state index contributed by atoms with van der Waals surface area (Å²) in [5.41, 5.74) is 6.55. The maximum atomic E-state index is 9.47. The maximum Gasteiger partial charge on any atom is 0.160 e. The van der Waals surface area contributed by atoms with Crippen molar-refractivity contribution in [1.29, 1.82) is 0 Å². The van der Waals surface area contributed by atoms with E-state index < -0.39 is 0 Å². The van der Waals surface area contributed by atoms with Gasteiger partial charge in [-0.1, -0.05) is 18.9 Å². The van der Waals surface area contributed by atoms with Crippen molar-refractivity contribution in [3.05, 3.63) is 23.8 Å². The van der Waals surface area contributed by atoms with E-state index in [4.69, 9.17) is 10.5 Å². The fraction of sp³-hybridized carbons (Fsp3) is 0.571. The van der Waals surface area contributed by atoms with Gasteiger partial charge in [0.2, 0.25) is 0 Å². The van der Waals surface area contributed by atoms with Crippen LogP contribution in [0, 0.1) is 0 Å². The molecule has 18 heavy (non-hydrogen) atoms. The van der Waals surface area contributed by atoms with E-state index in [0.717, 1.165) is 31.6 Å². The maximum absolute atomic E-state index is 9.47. The molecule has 0 aliphatic rings. The molecule has 0 atom stereocenters. The third-order valence-corrected chi connectivity index (χ3v) is 2.88. The Balaban J connectivity index is 2.19. The molecule has 0 aliphatic carbocycles. The van der Waals surface area contributed by atoms with Crippen molar-refractivity contribution in [3.8, 4) is 11.5 Å². The second-order valence-corrected chi connectivity index (χ2v) is 4.39. The lowest BCUT2D eigenvalue weighted by Gasteiger charge is -2.08. The van der Waals surface area contributed by atoms with Crippen LogP contribution in [0.4, 0.5) is 0 Å². The number of nitrogens with two attached hydrogens (primary N) is 1. The number of phenols is 1. The summed E-state index contributed by atoms with van der Waals surface area (Å²) in [7, 11) is 1.56. The summed E-state index contributed by atoms with van der Waals surface area (Å²) in [6.07, 6.45) is 4.73. The van der Waals surface area contributed by atoms with Crippen molar-refractivity contribution < 1.29 is 9.84 Å². The van der Waals surface area contributed by atoms with Crippen LogP contribution in [0.3, 0.4) is 0 Å². The predicted molar refractivity (Wildman–Crippen MR) is 73.9 cm³/mol. The molecule has 0 spiro atoms. The zero-order valence-electron chi connectivity index (χ0n) is 11.1. The van der Waals surface area contributed by atoms with Gasteiger partial charge < -0.3 is 20.9 Å². The summed E-state index contributed by atoms with van der Waals surface area (Å²) < 4.78 is 5.07. The van der Waals surface area contributed by atoms with Crippen molar-refractivity contribution in [2.24, 2.45) is 5.73 Å². The Morgan fingerprint density at radius 3 is 2.72 bits per heavy atom. The highest BCUT2D eigenvalue weighted by Gasteiger charge is 2.01. The average molecular weight is 252 g/mol. The lowest BCUT2D eigenvalue weighted by molar-refractivity contribution is 0.372. The van der Waals surface area contributed by atoms with E-state index in [2.05, 4.69) is 5.32 Å². The number of benzene rings is 1. The van der Waals surface area contributed by atoms with Gasteiger partial charge in [-0.3, -0.25) is 0 Å². The lowest BCUT2D eigenvalue weighted by atomic mass is 10.2. The molecule has 0 saturated heterocycles. The molecule has 0 heterocycles. The standard InChI is InChI=1S/C14H24N2O2/c1-18-14-10-12(6-7-13(14)17)11-16-9-5-3-2-4-8-15/h6-7,10,16-17H,2-5,8-9,11,15H2,1H3. The van der Waals surface area contributed by atoms with Crippen molar-refractivity contribution in [2.45, 2.75) is 32.2 Å². The minimum atomic E-state index is 0.183. The van der Waals surface area contributed by atoms with Crippen LogP contribution < -0.4 is 15.8 Å². The number of hydrogen-bond donors (Lipinski definition) is 3. The Kier molecular flexibility index (Phi) is 7.22. The largest absolute Gasteiger partial charge is 0.504 e. The number of ether oxygens (including phenoxy) is 1. The number of nitrogens with one attached hydrogen (secondary N) is 1. The monoisotopic (exact) mass is 252 g/mol. The van der Waals surface area contributed by atoms with Crippen LogP contribution in [0.2, 0.25) is 0 Å². The van der Waals surface area contributed by atoms with E-state index in [1.807, 2.05) is 12.1 Å². The van der Waals surface area contributed by atoms with Crippen LogP contribution in [0.15, 0.2) is 18.2 Å². The van der Waals surface area contributed by atoms with Gasteiger partial charge in [0.1, 0.15) is 0 Å². The van der Waals surface area contributed by atoms with E-state index >= 15 is 0 Å². The molecule has 0 bridgehead atoms. The Morgan fingerprint density at radius 1 is 1.22 bits per heavy atom. The normalized spacial score (nSPS) is 10.6. The molecule has 0 saturated carbocycles. The smallest absolute Gasteiger partial charge is 0.160 e. The fourth-order valence-corrected chi connectivity index (χ4v) is 1.81. The zero-order valence-corrected chi connectivity index (χ0v) is 11.1. The summed E-state index contributed by atoms with van der Waals surface area (Å²) in [5.74, 6) is 0.709. The molecule has 0 aliphatic heterocycles. The number of hydrogen-bond acceptors (Lipinski definition) is 4. The minimum absolute atomic E-state index is 0.183. The van der Waals surface area contributed by atoms with Crippen LogP contribution in [0.25, 0.3) is 0 Å². The van der Waals surface area contributed by atoms with Gasteiger partial charge >= 0.3 is 0 Å². The molecule has 4 N–H and O–H groups in total. The number of rotatable bonds is 9. The molecule has 102 valence electrons. The summed E-state index contributed by atoms with van der Waals surface area (Å²) >= 11 is 0. The van der Waals surface area contributed by atoms with Crippen LogP contribution in [-0.4, -0.2) is 25.3 Å². The number of phenolic OH excluding ortho intramolecular Hbond substituents is 1. The van der Waals surface area contributed by atoms with E-state index in [9.17, 15) is 5.11 Å². The summed E-state index contributed by atoms with van der Waals surface area (Å²) in [4.78, 5) is 0. The van der Waals surface area contributed by atoms with Gasteiger partial charge in [0.05, 0.1) is 7.11 Å². The van der Waals surface area contributed by atoms with Crippen molar-refractivity contribution in [1.82, 2.24) is 5.32 Å². The first-order valence-electron chi connectivity index (χ1n) is 6.54. The molecule has 4 nitrogen and oxygen atoms in total. The van der Waals surface area contributed by atoms with Gasteiger partial charge in [-0.25, -0.2) is 0 Å². The van der Waals surface area contributed by atoms with Crippen LogP contribution in [-0.2, 0) is 6.54 Å². The van der Waals surface area contributed by atoms with E-state index in [1.54, 1.807) is 13.2 Å². The highest BCUT2D eigenvalue weighted by molar-refractivity contribution is 5.41. The first-order chi connectivity index (χ1) is 8.77. The van der Waals surface area contributed by atoms with E-state index in [-0.39, 0.29) is 5.75 Å². The van der Waals surface area contributed by atoms with Gasteiger partial charge in [0.15, 0.2) is 11.5 Å². The summed E-state index contributed by atoms with van der Waals surface area (Å²) in [6, 6.07) is 5.42. The molecule has 0 fully saturated rings. The van der Waals surface area contributed by atoms with Crippen LogP contribution >= 0.6 is 0 Å². The highest BCUT2D eigenvalue weighted by Crippen LogP contribution is 2.26. The highest BCUT2D eigenvalue weighted by atomic mass is 16.5. The van der Waals surface area contributed by atoms with Crippen molar-refractivity contribution >= 4 is 0 Å². The van der Waals surface area contributed by atoms with Crippen LogP contribution in [0.5, 0.6) is 11.5 Å². The molecule has 1 aromatic rings. The van der Waals surface area contributed by atoms with Gasteiger partial charge in [0, 0.05) is 6.54 Å². The second-order valence-electron chi connectivity index (χ2n) is 4.39. The predicted octanol–water partition coefficient (Wildman–Crippen LogP) is 2.01. The molecule has 1 rings (SSSR count). The number of methoxy groups -OCH3 is 1. The molecule has 0 radical (unpaired) electrons. The second kappa shape index (κ2) is 8.78. The SMILES string of the molecule is COc1cc(CNCCCCCCN)ccc1O. The Hall–Kier alpha value is -1.26. The zero-order chi connectivity index (χ0) is 13.2. The molecule has 0 aromatic heterocycles. The molecule has 0 unspecified atom stereocenters. The summed E-state index contributed by atoms with van der Waals surface area (Å²) in [6.45, 7) is 2.60. The minimum Gasteiger partial charge on any atom is -0.504 e. The van der Waals surface area contributed by atoms with E-state index in [1.165, 1.54) is 19.3 Å². The van der Waals surface area contributed by atoms with E-state index in [0.29, 0.717) is 5.75 Å². The third-order valence-electron chi connectivity index (χ3n) is 2.88. The molecular formula is C14H24N2O2. The van der Waals surface area contributed by atoms with Gasteiger partial charge in [-0.2, -0.15) is 0 Å². The van der Waals surface area contributed by atoms with Gasteiger partial charge in [-0.15, -0.1) is 0 Å². The molecular weight excluding hydrogens is 228 g/mol. The molecule has 4 heteroatoms. The van der Waals surface area contributed by atoms with Crippen LogP contribution in [0.1, 0.15) is 31.2 Å². The molecule has 0 amide bonds. The Labute approximate surface area is 109 Å². The first kappa shape index (κ1) is 14.8. The Morgan fingerprint density at radius 2 is 2.00 bits per heavy atom. The Bertz CT molecular complexity index is 343. The fourth-order valence-electron chi connectivity index (χ4n) is 1.81. The topological polar surface area (TPSA) is 67.5 Å².